The van der Waals surface area contributed by atoms with E-state index in [0.29, 0.717) is 37.0 Å². The van der Waals surface area contributed by atoms with Crippen LogP contribution >= 0.6 is 0 Å². The van der Waals surface area contributed by atoms with E-state index in [1.807, 2.05) is 47.4 Å². The van der Waals surface area contributed by atoms with E-state index in [1.54, 1.807) is 4.90 Å². The molecule has 8 heteroatoms. The molecule has 0 aliphatic carbocycles. The topological polar surface area (TPSA) is 82.2 Å². The van der Waals surface area contributed by atoms with Crippen LogP contribution in [0.1, 0.15) is 47.6 Å². The first-order valence-electron chi connectivity index (χ1n) is 14.4. The molecule has 0 aromatic heterocycles. The number of benzene rings is 2. The van der Waals surface area contributed by atoms with Crippen molar-refractivity contribution in [2.75, 3.05) is 57.4 Å². The molecule has 4 fully saturated rings. The summed E-state index contributed by atoms with van der Waals surface area (Å²) in [6, 6.07) is 17.8. The van der Waals surface area contributed by atoms with Crippen LogP contribution in [-0.2, 0) is 14.3 Å². The number of rotatable bonds is 8. The number of nitrogens with zero attached hydrogens (tertiary/aromatic N) is 3. The van der Waals surface area contributed by atoms with Crippen molar-refractivity contribution in [1.29, 1.82) is 0 Å². The molecule has 3 unspecified atom stereocenters. The second kappa shape index (κ2) is 11.5. The average molecular weight is 531 g/mol. The second-order valence-corrected chi connectivity index (χ2v) is 11.5. The number of amides is 3. The lowest BCUT2D eigenvalue weighted by Gasteiger charge is -2.25. The highest BCUT2D eigenvalue weighted by molar-refractivity contribution is 5.99. The lowest BCUT2D eigenvalue weighted by atomic mass is 10.0. The molecule has 4 aliphatic heterocycles. The van der Waals surface area contributed by atoms with Crippen molar-refractivity contribution >= 4 is 23.4 Å². The molecule has 4 saturated heterocycles. The van der Waals surface area contributed by atoms with Gasteiger partial charge in [-0.15, -0.1) is 0 Å². The van der Waals surface area contributed by atoms with E-state index in [9.17, 15) is 14.4 Å². The maximum atomic E-state index is 13.4. The molecule has 4 heterocycles. The van der Waals surface area contributed by atoms with Gasteiger partial charge in [-0.3, -0.25) is 14.4 Å². The number of ether oxygens (including phenoxy) is 1. The number of hydrogen-bond donors (Lipinski definition) is 1. The van der Waals surface area contributed by atoms with Crippen LogP contribution in [0.3, 0.4) is 0 Å². The number of carbonyl (C=O) groups is 3. The van der Waals surface area contributed by atoms with Gasteiger partial charge in [-0.05, 0) is 54.9 Å². The van der Waals surface area contributed by atoms with E-state index in [2.05, 4.69) is 22.3 Å². The Labute approximate surface area is 230 Å². The van der Waals surface area contributed by atoms with E-state index >= 15 is 0 Å². The summed E-state index contributed by atoms with van der Waals surface area (Å²) in [5, 5.41) is 3.29. The van der Waals surface area contributed by atoms with Crippen LogP contribution in [0.15, 0.2) is 54.6 Å². The quantitative estimate of drug-likeness (QED) is 0.567. The standard InChI is InChI=1S/C31H38N4O4/c36-29-10-5-13-35(29)27-9-4-8-23(16-27)31(38)34-19-25-17-33(18-26(25)20-34)14-11-28(22-6-2-1-3-7-22)32-30(37)24-12-15-39-21-24/h1-4,6-9,16,24-26,28H,5,10-15,17-21H2,(H,32,37)/t24?,25-,26?,28?/m0/s1. The van der Waals surface area contributed by atoms with Gasteiger partial charge in [-0.2, -0.15) is 0 Å². The zero-order valence-electron chi connectivity index (χ0n) is 22.5. The minimum atomic E-state index is -0.0533. The minimum Gasteiger partial charge on any atom is -0.381 e. The summed E-state index contributed by atoms with van der Waals surface area (Å²) in [5.41, 5.74) is 2.63. The highest BCUT2D eigenvalue weighted by Gasteiger charge is 2.42. The van der Waals surface area contributed by atoms with E-state index in [0.717, 1.165) is 69.8 Å². The van der Waals surface area contributed by atoms with Gasteiger partial charge >= 0.3 is 0 Å². The second-order valence-electron chi connectivity index (χ2n) is 11.5. The fraction of sp³-hybridized carbons (Fsp3) is 0.516. The van der Waals surface area contributed by atoms with Crippen molar-refractivity contribution in [2.45, 2.75) is 31.7 Å². The predicted octanol–water partition coefficient (Wildman–Crippen LogP) is 3.10. The first kappa shape index (κ1) is 26.0. The highest BCUT2D eigenvalue weighted by Crippen LogP contribution is 2.33. The first-order chi connectivity index (χ1) is 19.0. The summed E-state index contributed by atoms with van der Waals surface area (Å²) in [6.45, 7) is 6.30. The van der Waals surface area contributed by atoms with Gasteiger partial charge in [0.1, 0.15) is 0 Å². The molecule has 4 aliphatic rings. The fourth-order valence-corrected chi connectivity index (χ4v) is 6.70. The van der Waals surface area contributed by atoms with Gasteiger partial charge in [0.15, 0.2) is 0 Å². The molecule has 2 aromatic carbocycles. The SMILES string of the molecule is O=C(NC(CCN1CC2CN(C(=O)c3cccc(N4CCCC4=O)c3)C[C@@H]2C1)c1ccccc1)C1CCOC1. The molecule has 2 aromatic rings. The smallest absolute Gasteiger partial charge is 0.253 e. The van der Waals surface area contributed by atoms with Gasteiger partial charge in [-0.1, -0.05) is 36.4 Å². The summed E-state index contributed by atoms with van der Waals surface area (Å²) in [4.78, 5) is 44.7. The molecule has 4 atom stereocenters. The van der Waals surface area contributed by atoms with Gasteiger partial charge < -0.3 is 24.8 Å². The van der Waals surface area contributed by atoms with Crippen LogP contribution in [0.25, 0.3) is 0 Å². The fourth-order valence-electron chi connectivity index (χ4n) is 6.70. The van der Waals surface area contributed by atoms with Gasteiger partial charge in [-0.25, -0.2) is 0 Å². The van der Waals surface area contributed by atoms with Crippen LogP contribution in [0, 0.1) is 17.8 Å². The average Bonchev–Trinajstić information content (AvgIpc) is 3.76. The summed E-state index contributed by atoms with van der Waals surface area (Å²) in [5.74, 6) is 1.17. The van der Waals surface area contributed by atoms with Crippen molar-refractivity contribution in [1.82, 2.24) is 15.1 Å². The Morgan fingerprint density at radius 2 is 1.79 bits per heavy atom. The molecule has 0 radical (unpaired) electrons. The predicted molar refractivity (Wildman–Crippen MR) is 148 cm³/mol. The van der Waals surface area contributed by atoms with Crippen molar-refractivity contribution in [3.05, 3.63) is 65.7 Å². The Morgan fingerprint density at radius 3 is 2.49 bits per heavy atom. The van der Waals surface area contributed by atoms with Gasteiger partial charge in [0.05, 0.1) is 18.6 Å². The van der Waals surface area contributed by atoms with Crippen LogP contribution in [0.4, 0.5) is 5.69 Å². The number of carbonyl (C=O) groups excluding carboxylic acids is 3. The molecule has 0 saturated carbocycles. The molecule has 3 amide bonds. The summed E-state index contributed by atoms with van der Waals surface area (Å²) in [6.07, 6.45) is 3.10. The Morgan fingerprint density at radius 1 is 1.00 bits per heavy atom. The molecule has 8 nitrogen and oxygen atoms in total. The normalized spacial score (nSPS) is 25.7. The summed E-state index contributed by atoms with van der Waals surface area (Å²) < 4.78 is 5.42. The molecule has 0 bridgehead atoms. The zero-order valence-corrected chi connectivity index (χ0v) is 22.5. The molecular weight excluding hydrogens is 492 g/mol. The molecule has 0 spiro atoms. The summed E-state index contributed by atoms with van der Waals surface area (Å²) >= 11 is 0. The summed E-state index contributed by atoms with van der Waals surface area (Å²) in [7, 11) is 0. The maximum Gasteiger partial charge on any atom is 0.253 e. The first-order valence-corrected chi connectivity index (χ1v) is 14.4. The van der Waals surface area contributed by atoms with Gasteiger partial charge in [0.2, 0.25) is 11.8 Å². The Balaban J connectivity index is 1.03. The molecule has 6 rings (SSSR count). The van der Waals surface area contributed by atoms with Crippen molar-refractivity contribution in [3.8, 4) is 0 Å². The monoisotopic (exact) mass is 530 g/mol. The lowest BCUT2D eigenvalue weighted by Crippen LogP contribution is -2.37. The van der Waals surface area contributed by atoms with E-state index in [4.69, 9.17) is 4.74 Å². The van der Waals surface area contributed by atoms with Crippen LogP contribution < -0.4 is 10.2 Å². The number of hydrogen-bond acceptors (Lipinski definition) is 5. The minimum absolute atomic E-state index is 0.0208. The van der Waals surface area contributed by atoms with Crippen LogP contribution in [-0.4, -0.2) is 80.0 Å². The van der Waals surface area contributed by atoms with E-state index in [1.165, 1.54) is 0 Å². The third kappa shape index (κ3) is 5.72. The number of likely N-dealkylation sites (tertiary alicyclic amines) is 2. The number of fused-ring (bicyclic) bond motifs is 1. The molecular formula is C31H38N4O4. The zero-order chi connectivity index (χ0) is 26.8. The molecule has 39 heavy (non-hydrogen) atoms. The van der Waals surface area contributed by atoms with Crippen LogP contribution in [0.5, 0.6) is 0 Å². The van der Waals surface area contributed by atoms with Gasteiger partial charge in [0, 0.05) is 63.5 Å². The Hall–Kier alpha value is -3.23. The molecule has 206 valence electrons. The third-order valence-corrected chi connectivity index (χ3v) is 8.88. The Bertz CT molecular complexity index is 1180. The highest BCUT2D eigenvalue weighted by atomic mass is 16.5. The van der Waals surface area contributed by atoms with Crippen molar-refractivity contribution in [3.63, 3.8) is 0 Å². The van der Waals surface area contributed by atoms with E-state index < -0.39 is 0 Å². The Kier molecular flexibility index (Phi) is 7.66. The van der Waals surface area contributed by atoms with Crippen molar-refractivity contribution in [2.24, 2.45) is 17.8 Å². The maximum absolute atomic E-state index is 13.4. The molecule has 1 N–H and O–H groups in total. The third-order valence-electron chi connectivity index (χ3n) is 8.88. The number of anilines is 1. The lowest BCUT2D eigenvalue weighted by molar-refractivity contribution is -0.125. The largest absolute Gasteiger partial charge is 0.381 e. The van der Waals surface area contributed by atoms with E-state index in [-0.39, 0.29) is 29.7 Å². The van der Waals surface area contributed by atoms with Crippen LogP contribution in [0.2, 0.25) is 0 Å². The van der Waals surface area contributed by atoms with Gasteiger partial charge in [0.25, 0.3) is 5.91 Å². The number of nitrogens with one attached hydrogen (secondary N) is 1. The van der Waals surface area contributed by atoms with Crippen molar-refractivity contribution < 1.29 is 19.1 Å².